The lowest BCUT2D eigenvalue weighted by Gasteiger charge is -1.84. The van der Waals surface area contributed by atoms with Crippen LogP contribution in [-0.2, 0) is 4.79 Å². The van der Waals surface area contributed by atoms with E-state index in [1.54, 1.807) is 12.4 Å². The molecule has 1 N–H and O–H groups in total. The zero-order chi connectivity index (χ0) is 7.11. The van der Waals surface area contributed by atoms with E-state index in [0.717, 1.165) is 0 Å². The number of hydrogen-bond acceptors (Lipinski definition) is 2. The fourth-order valence-electron chi connectivity index (χ4n) is 0.317. The Morgan fingerprint density at radius 3 is 2.56 bits per heavy atom. The molecule has 0 aliphatic rings. The van der Waals surface area contributed by atoms with Crippen LogP contribution in [0.3, 0.4) is 0 Å². The third-order valence-electron chi connectivity index (χ3n) is 0.677. The molecule has 0 aliphatic heterocycles. The molecule has 0 bridgehead atoms. The van der Waals surface area contributed by atoms with Crippen molar-refractivity contribution in [1.29, 1.82) is 0 Å². The second-order valence-electron chi connectivity index (χ2n) is 1.61. The number of nitrogens with one attached hydrogen (secondary N) is 1. The van der Waals surface area contributed by atoms with Crippen LogP contribution >= 0.6 is 0 Å². The molecule has 0 aromatic heterocycles. The Hall–Kier alpha value is -1.05. The minimum atomic E-state index is 0.0482. The third kappa shape index (κ3) is 6.95. The first-order valence-electron chi connectivity index (χ1n) is 2.81. The zero-order valence-electron chi connectivity index (χ0n) is 5.72. The lowest BCUT2D eigenvalue weighted by atomic mass is 10.4. The van der Waals surface area contributed by atoms with E-state index in [4.69, 9.17) is 0 Å². The van der Waals surface area contributed by atoms with E-state index in [9.17, 15) is 4.79 Å². The van der Waals surface area contributed by atoms with Crippen molar-refractivity contribution in [2.45, 2.75) is 13.8 Å². The van der Waals surface area contributed by atoms with E-state index in [0.29, 0.717) is 0 Å². The van der Waals surface area contributed by atoms with Gasteiger partial charge in [0, 0.05) is 6.20 Å². The van der Waals surface area contributed by atoms with Crippen molar-refractivity contribution >= 4 is 5.78 Å². The molecular formula is C7H11NO. The van der Waals surface area contributed by atoms with Gasteiger partial charge < -0.3 is 5.32 Å². The Balaban J connectivity index is 3.36. The summed E-state index contributed by atoms with van der Waals surface area (Å²) in [6.45, 7) is 3.41. The monoisotopic (exact) mass is 125 g/mol. The molecule has 0 atom stereocenters. The molecular weight excluding hydrogens is 114 g/mol. The summed E-state index contributed by atoms with van der Waals surface area (Å²) in [7, 11) is 0. The maximum absolute atomic E-state index is 10.3. The zero-order valence-corrected chi connectivity index (χ0v) is 5.72. The summed E-state index contributed by atoms with van der Waals surface area (Å²) < 4.78 is 0. The van der Waals surface area contributed by atoms with Crippen LogP contribution in [0.15, 0.2) is 24.6 Å². The van der Waals surface area contributed by atoms with Crippen LogP contribution in [0.2, 0.25) is 0 Å². The lowest BCUT2D eigenvalue weighted by Crippen LogP contribution is -1.92. The number of carbonyl (C=O) groups is 1. The summed E-state index contributed by atoms with van der Waals surface area (Å²) in [4.78, 5) is 10.3. The minimum Gasteiger partial charge on any atom is -0.368 e. The fourth-order valence-corrected chi connectivity index (χ4v) is 0.317. The second kappa shape index (κ2) is 5.09. The number of hydrogen-bond donors (Lipinski definition) is 1. The molecule has 50 valence electrons. The van der Waals surface area contributed by atoms with E-state index in [2.05, 4.69) is 5.32 Å². The maximum atomic E-state index is 10.3. The topological polar surface area (TPSA) is 29.1 Å². The first kappa shape index (κ1) is 7.95. The molecule has 0 aliphatic carbocycles. The van der Waals surface area contributed by atoms with Gasteiger partial charge >= 0.3 is 0 Å². The summed E-state index contributed by atoms with van der Waals surface area (Å²) in [6, 6.07) is 0. The van der Waals surface area contributed by atoms with Crippen molar-refractivity contribution in [1.82, 2.24) is 5.32 Å². The summed E-state index contributed by atoms with van der Waals surface area (Å²) in [6.07, 6.45) is 6.67. The Morgan fingerprint density at radius 2 is 2.11 bits per heavy atom. The van der Waals surface area contributed by atoms with Gasteiger partial charge in [-0.3, -0.25) is 4.79 Å². The van der Waals surface area contributed by atoms with Crippen LogP contribution in [0.4, 0.5) is 0 Å². The van der Waals surface area contributed by atoms with Gasteiger partial charge in [-0.15, -0.1) is 0 Å². The molecule has 0 radical (unpaired) electrons. The molecule has 0 saturated carbocycles. The van der Waals surface area contributed by atoms with E-state index in [1.165, 1.54) is 13.0 Å². The minimum absolute atomic E-state index is 0.0482. The van der Waals surface area contributed by atoms with Gasteiger partial charge in [-0.25, -0.2) is 0 Å². The molecule has 0 unspecified atom stereocenters. The van der Waals surface area contributed by atoms with Gasteiger partial charge in [0.15, 0.2) is 5.78 Å². The van der Waals surface area contributed by atoms with Crippen LogP contribution in [0.1, 0.15) is 13.8 Å². The average molecular weight is 125 g/mol. The predicted molar refractivity (Wildman–Crippen MR) is 37.8 cm³/mol. The number of ketones is 1. The molecule has 0 amide bonds. The van der Waals surface area contributed by atoms with E-state index in [-0.39, 0.29) is 5.78 Å². The Bertz CT molecular complexity index is 136. The number of rotatable bonds is 3. The highest BCUT2D eigenvalue weighted by molar-refractivity contribution is 5.87. The first-order chi connectivity index (χ1) is 4.27. The summed E-state index contributed by atoms with van der Waals surface area (Å²) >= 11 is 0. The summed E-state index contributed by atoms with van der Waals surface area (Å²) in [5.74, 6) is 0.0482. The number of carbonyl (C=O) groups excluding carboxylic acids is 1. The van der Waals surface area contributed by atoms with Gasteiger partial charge in [0.05, 0.1) is 0 Å². The lowest BCUT2D eigenvalue weighted by molar-refractivity contribution is -0.112. The quantitative estimate of drug-likeness (QED) is 0.574. The standard InChI is InChI=1S/C7H11NO/c1-3-5-8-6-4-7(2)9/h3-6,8H,1-2H3/b5-3+,6-4+. The van der Waals surface area contributed by atoms with Crippen molar-refractivity contribution < 1.29 is 4.79 Å². The van der Waals surface area contributed by atoms with Crippen molar-refractivity contribution in [3.8, 4) is 0 Å². The van der Waals surface area contributed by atoms with Crippen LogP contribution in [0, 0.1) is 0 Å². The van der Waals surface area contributed by atoms with Crippen LogP contribution in [0.5, 0.6) is 0 Å². The SMILES string of the molecule is C/C=C/N/C=C/C(C)=O. The van der Waals surface area contributed by atoms with E-state index in [1.807, 2.05) is 13.0 Å². The number of allylic oxidation sites excluding steroid dienone is 2. The van der Waals surface area contributed by atoms with Gasteiger partial charge in [-0.2, -0.15) is 0 Å². The average Bonchev–Trinajstić information content (AvgIpc) is 1.80. The normalized spacial score (nSPS) is 10.9. The van der Waals surface area contributed by atoms with Crippen molar-refractivity contribution in [2.75, 3.05) is 0 Å². The molecule has 0 spiro atoms. The second-order valence-corrected chi connectivity index (χ2v) is 1.61. The highest BCUT2D eigenvalue weighted by Crippen LogP contribution is 1.70. The van der Waals surface area contributed by atoms with E-state index >= 15 is 0 Å². The maximum Gasteiger partial charge on any atom is 0.154 e. The van der Waals surface area contributed by atoms with Crippen molar-refractivity contribution in [2.24, 2.45) is 0 Å². The van der Waals surface area contributed by atoms with Crippen LogP contribution in [0.25, 0.3) is 0 Å². The largest absolute Gasteiger partial charge is 0.368 e. The van der Waals surface area contributed by atoms with Crippen molar-refractivity contribution in [3.63, 3.8) is 0 Å². The Morgan fingerprint density at radius 1 is 1.44 bits per heavy atom. The summed E-state index contributed by atoms with van der Waals surface area (Å²) in [5.41, 5.74) is 0. The third-order valence-corrected chi connectivity index (χ3v) is 0.677. The molecule has 0 aromatic rings. The fraction of sp³-hybridized carbons (Fsp3) is 0.286. The van der Waals surface area contributed by atoms with Gasteiger partial charge in [0.2, 0.25) is 0 Å². The van der Waals surface area contributed by atoms with Gasteiger partial charge in [-0.05, 0) is 26.1 Å². The summed E-state index contributed by atoms with van der Waals surface area (Å²) in [5, 5.41) is 2.78. The Kier molecular flexibility index (Phi) is 4.50. The Labute approximate surface area is 55.3 Å². The molecule has 0 aromatic carbocycles. The van der Waals surface area contributed by atoms with Crippen LogP contribution in [-0.4, -0.2) is 5.78 Å². The molecule has 2 nitrogen and oxygen atoms in total. The van der Waals surface area contributed by atoms with Crippen LogP contribution < -0.4 is 5.32 Å². The molecule has 2 heteroatoms. The predicted octanol–water partition coefficient (Wildman–Crippen LogP) is 1.21. The first-order valence-corrected chi connectivity index (χ1v) is 2.81. The van der Waals surface area contributed by atoms with Gasteiger partial charge in [0.1, 0.15) is 0 Å². The van der Waals surface area contributed by atoms with E-state index < -0.39 is 0 Å². The van der Waals surface area contributed by atoms with Gasteiger partial charge in [0.25, 0.3) is 0 Å². The highest BCUT2D eigenvalue weighted by Gasteiger charge is 1.76. The molecule has 0 saturated heterocycles. The van der Waals surface area contributed by atoms with Crippen molar-refractivity contribution in [3.05, 3.63) is 24.6 Å². The smallest absolute Gasteiger partial charge is 0.154 e. The highest BCUT2D eigenvalue weighted by atomic mass is 16.1. The molecule has 0 fully saturated rings. The molecule has 0 rings (SSSR count). The molecule has 9 heavy (non-hydrogen) atoms. The van der Waals surface area contributed by atoms with Gasteiger partial charge in [-0.1, -0.05) is 6.08 Å². The molecule has 0 heterocycles.